The quantitative estimate of drug-likeness (QED) is 0.328. The number of pyridine rings is 2. The fraction of sp³-hybridized carbons (Fsp3) is 0.111. The molecule has 1 amide bonds. The highest BCUT2D eigenvalue weighted by Crippen LogP contribution is 2.27. The van der Waals surface area contributed by atoms with Crippen LogP contribution in [0.2, 0.25) is 0 Å². The third-order valence-corrected chi connectivity index (χ3v) is 5.44. The van der Waals surface area contributed by atoms with Crippen molar-refractivity contribution in [2.24, 2.45) is 0 Å². The molecule has 2 aromatic carbocycles. The van der Waals surface area contributed by atoms with Crippen molar-refractivity contribution in [3.8, 4) is 22.8 Å². The number of H-pyrrole nitrogens is 1. The number of rotatable bonds is 7. The first-order valence-electron chi connectivity index (χ1n) is 11.2. The molecule has 2 N–H and O–H groups in total. The summed E-state index contributed by atoms with van der Waals surface area (Å²) < 4.78 is 18.6. The number of ether oxygens (including phenoxy) is 1. The zero-order valence-electron chi connectivity index (χ0n) is 19.7. The number of hydrogen-bond donors (Lipinski definition) is 2. The van der Waals surface area contributed by atoms with Crippen molar-refractivity contribution in [3.05, 3.63) is 96.3 Å². The highest BCUT2D eigenvalue weighted by molar-refractivity contribution is 6.11. The van der Waals surface area contributed by atoms with Crippen LogP contribution in [0.4, 0.5) is 10.1 Å². The highest BCUT2D eigenvalue weighted by atomic mass is 19.1. The summed E-state index contributed by atoms with van der Waals surface area (Å²) in [6, 6.07) is 16.8. The Morgan fingerprint density at radius 1 is 1.00 bits per heavy atom. The Balaban J connectivity index is 1.33. The molecule has 0 saturated carbocycles. The molecule has 0 unspecified atom stereocenters. The molecule has 3 aromatic heterocycles. The second kappa shape index (κ2) is 9.93. The molecule has 5 rings (SSSR count). The van der Waals surface area contributed by atoms with E-state index in [0.29, 0.717) is 22.7 Å². The molecular weight excluding hydrogens is 459 g/mol. The van der Waals surface area contributed by atoms with Crippen molar-refractivity contribution < 1.29 is 13.9 Å². The fourth-order valence-electron chi connectivity index (χ4n) is 3.79. The van der Waals surface area contributed by atoms with Crippen LogP contribution in [0.3, 0.4) is 0 Å². The number of carbonyl (C=O) groups is 1. The number of anilines is 1. The minimum Gasteiger partial charge on any atom is -0.439 e. The topological polar surface area (TPSA) is 96.0 Å². The summed E-state index contributed by atoms with van der Waals surface area (Å²) in [4.78, 5) is 23.7. The summed E-state index contributed by atoms with van der Waals surface area (Å²) in [5.74, 6) is 0.0642. The molecule has 0 fully saturated rings. The lowest BCUT2D eigenvalue weighted by atomic mass is 10.0. The van der Waals surface area contributed by atoms with E-state index in [2.05, 4.69) is 36.4 Å². The van der Waals surface area contributed by atoms with Crippen LogP contribution in [0.15, 0.2) is 79.3 Å². The van der Waals surface area contributed by atoms with E-state index in [-0.39, 0.29) is 17.4 Å². The Hall–Kier alpha value is -4.63. The smallest absolute Gasteiger partial charge is 0.276 e. The number of carbonyl (C=O) groups excluding carboxylic acids is 1. The highest BCUT2D eigenvalue weighted by Gasteiger charge is 2.16. The van der Waals surface area contributed by atoms with Crippen molar-refractivity contribution in [3.63, 3.8) is 0 Å². The number of aromatic nitrogens is 4. The van der Waals surface area contributed by atoms with Crippen LogP contribution in [-0.2, 0) is 6.54 Å². The van der Waals surface area contributed by atoms with E-state index < -0.39 is 0 Å². The van der Waals surface area contributed by atoms with Crippen LogP contribution in [0.5, 0.6) is 11.6 Å². The van der Waals surface area contributed by atoms with Gasteiger partial charge < -0.3 is 15.0 Å². The van der Waals surface area contributed by atoms with Crippen molar-refractivity contribution in [1.82, 2.24) is 25.1 Å². The summed E-state index contributed by atoms with van der Waals surface area (Å²) in [7, 11) is 4.02. The van der Waals surface area contributed by atoms with Gasteiger partial charge in [0.15, 0.2) is 5.69 Å². The van der Waals surface area contributed by atoms with Gasteiger partial charge in [-0.05, 0) is 73.8 Å². The van der Waals surface area contributed by atoms with Gasteiger partial charge in [0.2, 0.25) is 5.88 Å². The summed E-state index contributed by atoms with van der Waals surface area (Å²) in [5, 5.41) is 10.7. The third kappa shape index (κ3) is 5.21. The maximum atomic E-state index is 13.1. The van der Waals surface area contributed by atoms with Gasteiger partial charge >= 0.3 is 0 Å². The molecule has 8 nitrogen and oxygen atoms in total. The van der Waals surface area contributed by atoms with E-state index in [1.165, 1.54) is 30.5 Å². The molecule has 0 aliphatic carbocycles. The average Bonchev–Trinajstić information content (AvgIpc) is 3.30. The minimum atomic E-state index is -0.369. The van der Waals surface area contributed by atoms with Crippen LogP contribution in [0.1, 0.15) is 16.1 Å². The standard InChI is InChI=1S/C27H23FN6O2/c1-34(2)16-17-11-19(14-29-13-17)18-3-9-24-23(12-18)26(33-32-24)27(35)31-21-6-10-25(30-15-21)36-22-7-4-20(28)5-8-22/h3-15H,16H2,1-2H3,(H,31,35)(H,32,33). The molecule has 0 aliphatic rings. The van der Waals surface area contributed by atoms with Gasteiger partial charge in [-0.25, -0.2) is 9.37 Å². The van der Waals surface area contributed by atoms with Crippen LogP contribution in [0, 0.1) is 5.82 Å². The molecule has 180 valence electrons. The molecule has 3 heterocycles. The normalized spacial score (nSPS) is 11.1. The first kappa shape index (κ1) is 23.1. The van der Waals surface area contributed by atoms with E-state index in [9.17, 15) is 9.18 Å². The van der Waals surface area contributed by atoms with Crippen LogP contribution < -0.4 is 10.1 Å². The van der Waals surface area contributed by atoms with Crippen molar-refractivity contribution in [2.75, 3.05) is 19.4 Å². The number of amides is 1. The molecule has 0 atom stereocenters. The molecular formula is C27H23FN6O2. The predicted molar refractivity (Wildman–Crippen MR) is 135 cm³/mol. The van der Waals surface area contributed by atoms with E-state index >= 15 is 0 Å². The summed E-state index contributed by atoms with van der Waals surface area (Å²) in [6.07, 6.45) is 5.14. The summed E-state index contributed by atoms with van der Waals surface area (Å²) >= 11 is 0. The number of aromatic amines is 1. The second-order valence-corrected chi connectivity index (χ2v) is 8.55. The number of fused-ring (bicyclic) bond motifs is 1. The fourth-order valence-corrected chi connectivity index (χ4v) is 3.79. The van der Waals surface area contributed by atoms with Gasteiger partial charge in [0.05, 0.1) is 17.4 Å². The maximum Gasteiger partial charge on any atom is 0.276 e. The van der Waals surface area contributed by atoms with Crippen molar-refractivity contribution in [1.29, 1.82) is 0 Å². The lowest BCUT2D eigenvalue weighted by Gasteiger charge is -2.10. The number of benzene rings is 2. The average molecular weight is 483 g/mol. The van der Waals surface area contributed by atoms with E-state index in [4.69, 9.17) is 4.74 Å². The van der Waals surface area contributed by atoms with Gasteiger partial charge in [0.1, 0.15) is 11.6 Å². The number of hydrogen-bond acceptors (Lipinski definition) is 6. The zero-order chi connectivity index (χ0) is 25.1. The van der Waals surface area contributed by atoms with E-state index in [0.717, 1.165) is 28.8 Å². The lowest BCUT2D eigenvalue weighted by molar-refractivity contribution is 0.102. The van der Waals surface area contributed by atoms with Gasteiger partial charge in [-0.3, -0.25) is 14.9 Å². The Morgan fingerprint density at radius 3 is 2.58 bits per heavy atom. The molecule has 0 saturated heterocycles. The third-order valence-electron chi connectivity index (χ3n) is 5.44. The maximum absolute atomic E-state index is 13.1. The number of nitrogens with one attached hydrogen (secondary N) is 2. The number of halogens is 1. The number of nitrogens with zero attached hydrogens (tertiary/aromatic N) is 4. The Bertz CT molecular complexity index is 1510. The molecule has 36 heavy (non-hydrogen) atoms. The predicted octanol–water partition coefficient (Wildman–Crippen LogP) is 5.27. The lowest BCUT2D eigenvalue weighted by Crippen LogP contribution is -2.13. The second-order valence-electron chi connectivity index (χ2n) is 8.55. The zero-order valence-corrected chi connectivity index (χ0v) is 19.7. The van der Waals surface area contributed by atoms with Crippen molar-refractivity contribution in [2.45, 2.75) is 6.54 Å². The summed E-state index contributed by atoms with van der Waals surface area (Å²) in [5.41, 5.74) is 4.51. The van der Waals surface area contributed by atoms with E-state index in [1.54, 1.807) is 18.3 Å². The minimum absolute atomic E-state index is 0.274. The summed E-state index contributed by atoms with van der Waals surface area (Å²) in [6.45, 7) is 0.782. The first-order valence-corrected chi connectivity index (χ1v) is 11.2. The SMILES string of the molecule is CN(C)Cc1cncc(-c2ccc3[nH]nc(C(=O)Nc4ccc(Oc5ccc(F)cc5)nc4)c3c2)c1. The van der Waals surface area contributed by atoms with Crippen LogP contribution in [0.25, 0.3) is 22.0 Å². The van der Waals surface area contributed by atoms with Gasteiger partial charge in [-0.15, -0.1) is 0 Å². The van der Waals surface area contributed by atoms with Gasteiger partial charge in [-0.1, -0.05) is 6.07 Å². The molecule has 9 heteroatoms. The Labute approximate surface area is 206 Å². The molecule has 0 radical (unpaired) electrons. The largest absolute Gasteiger partial charge is 0.439 e. The van der Waals surface area contributed by atoms with Gasteiger partial charge in [0, 0.05) is 36.0 Å². The van der Waals surface area contributed by atoms with Gasteiger partial charge in [-0.2, -0.15) is 5.10 Å². The molecule has 0 aliphatic heterocycles. The van der Waals surface area contributed by atoms with Gasteiger partial charge in [0.25, 0.3) is 5.91 Å². The Morgan fingerprint density at radius 2 is 1.83 bits per heavy atom. The first-order chi connectivity index (χ1) is 17.4. The van der Waals surface area contributed by atoms with E-state index in [1.807, 2.05) is 38.5 Å². The molecule has 0 spiro atoms. The van der Waals surface area contributed by atoms with Crippen molar-refractivity contribution >= 4 is 22.5 Å². The van der Waals surface area contributed by atoms with Crippen LogP contribution in [-0.4, -0.2) is 45.1 Å². The molecule has 0 bridgehead atoms. The molecule has 5 aromatic rings. The monoisotopic (exact) mass is 482 g/mol. The Kier molecular flexibility index (Phi) is 6.38. The van der Waals surface area contributed by atoms with Crippen LogP contribution >= 0.6 is 0 Å².